The summed E-state index contributed by atoms with van der Waals surface area (Å²) in [5.41, 5.74) is 0. The standard InChI is InChI=1S/4O.Th.Zr/q4*-2;2*+4. The van der Waals surface area contributed by atoms with E-state index in [0.717, 1.165) is 0 Å². The van der Waals surface area contributed by atoms with Gasteiger partial charge in [0, 0.05) is 0 Å². The minimum Gasteiger partial charge on any atom is -2.00 e. The molecule has 0 aromatic heterocycles. The summed E-state index contributed by atoms with van der Waals surface area (Å²) in [6.45, 7) is 0. The average Bonchev–Trinajstić information content (AvgIpc) is 0. The second kappa shape index (κ2) is 61.5. The van der Waals surface area contributed by atoms with Crippen LogP contribution in [0.2, 0.25) is 0 Å². The van der Waals surface area contributed by atoms with E-state index < -0.39 is 0 Å². The molecule has 0 fully saturated rings. The van der Waals surface area contributed by atoms with Gasteiger partial charge in [-0.1, -0.05) is 0 Å². The molecule has 0 heterocycles. The van der Waals surface area contributed by atoms with Crippen molar-refractivity contribution in [1.29, 1.82) is 0 Å². The second-order valence-electron chi connectivity index (χ2n) is 0. The quantitative estimate of drug-likeness (QED) is 0.535. The molecular weight excluding hydrogens is 387 g/mol. The maximum atomic E-state index is 0. The molecule has 0 atom stereocenters. The maximum absolute atomic E-state index is 0. The summed E-state index contributed by atoms with van der Waals surface area (Å²) < 4.78 is 0. The second-order valence-corrected chi connectivity index (χ2v) is 0. The van der Waals surface area contributed by atoms with Gasteiger partial charge in [0.05, 0.1) is 0 Å². The van der Waals surface area contributed by atoms with Crippen LogP contribution in [0, 0.1) is 39.9 Å². The van der Waals surface area contributed by atoms with Crippen molar-refractivity contribution in [1.82, 2.24) is 0 Å². The topological polar surface area (TPSA) is 114 Å². The van der Waals surface area contributed by atoms with E-state index in [1.165, 1.54) is 0 Å². The molecule has 0 aliphatic rings. The fourth-order valence-corrected chi connectivity index (χ4v) is 0. The zero-order chi connectivity index (χ0) is 0. The summed E-state index contributed by atoms with van der Waals surface area (Å²) in [5, 5.41) is 0. The van der Waals surface area contributed by atoms with Crippen LogP contribution in [0.4, 0.5) is 0 Å². The molecule has 6 heavy (non-hydrogen) atoms. The molecule has 0 amide bonds. The van der Waals surface area contributed by atoms with Crippen molar-refractivity contribution in [2.75, 3.05) is 0 Å². The van der Waals surface area contributed by atoms with E-state index >= 15 is 0 Å². The van der Waals surface area contributed by atoms with Crippen LogP contribution in [0.1, 0.15) is 0 Å². The fraction of sp³-hybridized carbons (Fsp3) is 0. The van der Waals surface area contributed by atoms with E-state index in [9.17, 15) is 0 Å². The fourth-order valence-electron chi connectivity index (χ4n) is 0. The van der Waals surface area contributed by atoms with Gasteiger partial charge in [0.15, 0.2) is 0 Å². The first kappa shape index (κ1) is 95.3. The van der Waals surface area contributed by atoms with Gasteiger partial charge in [-0.25, -0.2) is 0 Å². The smallest absolute Gasteiger partial charge is 2.00 e. The van der Waals surface area contributed by atoms with Gasteiger partial charge >= 0.3 is 66.1 Å². The molecule has 0 rings (SSSR count). The van der Waals surface area contributed by atoms with E-state index in [4.69, 9.17) is 0 Å². The van der Waals surface area contributed by atoms with Gasteiger partial charge in [-0.3, -0.25) is 0 Å². The van der Waals surface area contributed by atoms with Crippen molar-refractivity contribution in [2.45, 2.75) is 0 Å². The van der Waals surface area contributed by atoms with Gasteiger partial charge < -0.3 is 21.9 Å². The Balaban J connectivity index is 0. The third kappa shape index (κ3) is 36.7. The van der Waals surface area contributed by atoms with Gasteiger partial charge in [-0.2, -0.15) is 0 Å². The molecule has 0 aliphatic carbocycles. The predicted molar refractivity (Wildman–Crippen MR) is 2.75 cm³/mol. The molecule has 0 saturated heterocycles. The number of hydrogen-bond acceptors (Lipinski definition) is 0. The Kier molecular flexibility index (Phi) is 977. The predicted octanol–water partition coefficient (Wildman–Crippen LogP) is -0.478. The minimum atomic E-state index is 0. The zero-order valence-corrected chi connectivity index (χ0v) is 9.20. The van der Waals surface area contributed by atoms with Crippen LogP contribution in [0.3, 0.4) is 0 Å². The first-order chi connectivity index (χ1) is 0. The van der Waals surface area contributed by atoms with Crippen LogP contribution in [0.25, 0.3) is 0 Å². The van der Waals surface area contributed by atoms with Crippen LogP contribution in [-0.4, -0.2) is 0 Å². The van der Waals surface area contributed by atoms with E-state index in [-0.39, 0.29) is 88.0 Å². The monoisotopic (exact) mass is 386 g/mol. The number of hydrogen-bond donors (Lipinski definition) is 0. The summed E-state index contributed by atoms with van der Waals surface area (Å²) in [6, 6.07) is 0. The van der Waals surface area contributed by atoms with Crippen LogP contribution >= 0.6 is 0 Å². The molecule has 0 aliphatic heterocycles. The molecule has 0 bridgehead atoms. The molecule has 0 saturated carbocycles. The Labute approximate surface area is 86.7 Å². The molecule has 0 aromatic carbocycles. The SMILES string of the molecule is [O-2].[O-2].[O-2].[O-2].[Th+4].[Zr+4]. The third-order valence-electron chi connectivity index (χ3n) is 0. The van der Waals surface area contributed by atoms with E-state index in [1.807, 2.05) is 0 Å². The van der Waals surface area contributed by atoms with Crippen molar-refractivity contribution in [2.24, 2.45) is 0 Å². The first-order valence-corrected chi connectivity index (χ1v) is 0. The average molecular weight is 387 g/mol. The molecule has 6 heteroatoms. The van der Waals surface area contributed by atoms with E-state index in [2.05, 4.69) is 0 Å². The van der Waals surface area contributed by atoms with E-state index in [1.54, 1.807) is 0 Å². The first-order valence-electron chi connectivity index (χ1n) is 0. The van der Waals surface area contributed by atoms with Gasteiger partial charge in [0.1, 0.15) is 0 Å². The Bertz CT molecular complexity index is 7.51. The summed E-state index contributed by atoms with van der Waals surface area (Å²) in [7, 11) is 0. The van der Waals surface area contributed by atoms with Crippen molar-refractivity contribution >= 4 is 0 Å². The van der Waals surface area contributed by atoms with Gasteiger partial charge in [-0.05, 0) is 0 Å². The van der Waals surface area contributed by atoms with Crippen LogP contribution in [-0.2, 0) is 48.1 Å². The molecular formula is O4ThZr. The maximum Gasteiger partial charge on any atom is 4.00 e. The minimum absolute atomic E-state index is 0. The van der Waals surface area contributed by atoms with Crippen LogP contribution in [0.5, 0.6) is 0 Å². The van der Waals surface area contributed by atoms with Gasteiger partial charge in [0.25, 0.3) is 0 Å². The largest absolute Gasteiger partial charge is 4.00 e. The Morgan fingerprint density at radius 1 is 0.500 bits per heavy atom. The molecule has 0 spiro atoms. The normalized spacial score (nSPS) is 0. The van der Waals surface area contributed by atoms with Crippen molar-refractivity contribution in [3.8, 4) is 0 Å². The molecule has 32 valence electrons. The van der Waals surface area contributed by atoms with Gasteiger partial charge in [-0.15, -0.1) is 0 Å². The van der Waals surface area contributed by atoms with Crippen molar-refractivity contribution < 1.29 is 88.0 Å². The van der Waals surface area contributed by atoms with Crippen molar-refractivity contribution in [3.05, 3.63) is 0 Å². The Morgan fingerprint density at radius 3 is 0.500 bits per heavy atom. The molecule has 4 nitrogen and oxygen atoms in total. The van der Waals surface area contributed by atoms with Crippen molar-refractivity contribution in [3.63, 3.8) is 0 Å². The molecule has 0 unspecified atom stereocenters. The van der Waals surface area contributed by atoms with E-state index in [0.29, 0.717) is 0 Å². The Hall–Kier alpha value is 2.05. The number of rotatable bonds is 0. The van der Waals surface area contributed by atoms with Crippen LogP contribution in [0.15, 0.2) is 0 Å². The summed E-state index contributed by atoms with van der Waals surface area (Å²) >= 11 is 0. The summed E-state index contributed by atoms with van der Waals surface area (Å²) in [5.74, 6) is 0. The summed E-state index contributed by atoms with van der Waals surface area (Å²) in [6.07, 6.45) is 0. The molecule has 0 aromatic rings. The molecule has 0 N–H and O–H groups in total. The molecule has 0 radical (unpaired) electrons. The van der Waals surface area contributed by atoms with Gasteiger partial charge in [0.2, 0.25) is 0 Å². The summed E-state index contributed by atoms with van der Waals surface area (Å²) in [4.78, 5) is 0. The van der Waals surface area contributed by atoms with Crippen LogP contribution < -0.4 is 0 Å². The zero-order valence-electron chi connectivity index (χ0n) is 2.63. The Morgan fingerprint density at radius 2 is 0.500 bits per heavy atom. The third-order valence-corrected chi connectivity index (χ3v) is 0.